The van der Waals surface area contributed by atoms with Crippen LogP contribution in [0.25, 0.3) is 10.4 Å². The Bertz CT molecular complexity index is 268. The van der Waals surface area contributed by atoms with Crippen molar-refractivity contribution in [2.45, 2.75) is 96.8 Å². The highest BCUT2D eigenvalue weighted by Crippen LogP contribution is 2.09. The minimum absolute atomic E-state index is 0.664. The van der Waals surface area contributed by atoms with E-state index < -0.39 is 0 Å². The third-order valence-electron chi connectivity index (χ3n) is 3.83. The molecule has 0 atom stereocenters. The molecule has 0 fully saturated rings. The summed E-state index contributed by atoms with van der Waals surface area (Å²) in [6.07, 6.45) is 23.1. The van der Waals surface area contributed by atoms with Crippen molar-refractivity contribution >= 4 is 0 Å². The van der Waals surface area contributed by atoms with Gasteiger partial charge in [-0.05, 0) is 37.6 Å². The summed E-state index contributed by atoms with van der Waals surface area (Å²) in [5.41, 5.74) is 8.14. The highest BCUT2D eigenvalue weighted by atomic mass is 15.1. The van der Waals surface area contributed by atoms with E-state index in [9.17, 15) is 0 Å². The third-order valence-corrected chi connectivity index (χ3v) is 3.83. The van der Waals surface area contributed by atoms with Gasteiger partial charge in [-0.3, -0.25) is 0 Å². The predicted molar refractivity (Wildman–Crippen MR) is 93.5 cm³/mol. The van der Waals surface area contributed by atoms with Gasteiger partial charge in [0.2, 0.25) is 0 Å². The summed E-state index contributed by atoms with van der Waals surface area (Å²) in [6.45, 7) is 2.93. The maximum absolute atomic E-state index is 8.14. The van der Waals surface area contributed by atoms with Crippen molar-refractivity contribution in [1.82, 2.24) is 0 Å². The maximum Gasteiger partial charge on any atom is 0.0257 e. The zero-order chi connectivity index (χ0) is 15.4. The summed E-state index contributed by atoms with van der Waals surface area (Å²) in [4.78, 5) is 2.76. The first kappa shape index (κ1) is 20.1. The first-order valence-corrected chi connectivity index (χ1v) is 9.07. The fourth-order valence-electron chi connectivity index (χ4n) is 2.47. The standard InChI is InChI=1S/C18H35N3/c1-2-3-4-5-6-7-8-9-10-11-12-13-14-15-16-17-18-20-21-19/h9-10H,2-8,11-18H2,1H3/b10-9+. The van der Waals surface area contributed by atoms with Crippen LogP contribution in [-0.2, 0) is 0 Å². The van der Waals surface area contributed by atoms with Gasteiger partial charge in [0.15, 0.2) is 0 Å². The normalized spacial score (nSPS) is 10.9. The van der Waals surface area contributed by atoms with Gasteiger partial charge in [-0.1, -0.05) is 82.0 Å². The van der Waals surface area contributed by atoms with Gasteiger partial charge in [-0.15, -0.1) is 0 Å². The fraction of sp³-hybridized carbons (Fsp3) is 0.889. The SMILES string of the molecule is CCCCCCCC/C=C/CCCCCCCCN=[N+]=[N-]. The summed E-state index contributed by atoms with van der Waals surface area (Å²) in [5.74, 6) is 0. The van der Waals surface area contributed by atoms with Crippen molar-refractivity contribution in [3.05, 3.63) is 22.6 Å². The van der Waals surface area contributed by atoms with Crippen molar-refractivity contribution in [1.29, 1.82) is 0 Å². The van der Waals surface area contributed by atoms with Gasteiger partial charge in [0.25, 0.3) is 0 Å². The smallest absolute Gasteiger partial charge is 0.0257 e. The molecule has 0 amide bonds. The lowest BCUT2D eigenvalue weighted by Crippen LogP contribution is -1.82. The van der Waals surface area contributed by atoms with Crippen LogP contribution < -0.4 is 0 Å². The van der Waals surface area contributed by atoms with Gasteiger partial charge in [0.05, 0.1) is 0 Å². The second-order valence-corrected chi connectivity index (χ2v) is 5.89. The van der Waals surface area contributed by atoms with E-state index in [1.807, 2.05) is 0 Å². The Labute approximate surface area is 131 Å². The van der Waals surface area contributed by atoms with Crippen LogP contribution in [0, 0.1) is 0 Å². The van der Waals surface area contributed by atoms with Crippen LogP contribution >= 0.6 is 0 Å². The molecule has 0 aromatic rings. The van der Waals surface area contributed by atoms with Crippen LogP contribution in [0.2, 0.25) is 0 Å². The van der Waals surface area contributed by atoms with Crippen molar-refractivity contribution in [3.8, 4) is 0 Å². The van der Waals surface area contributed by atoms with Crippen molar-refractivity contribution in [2.75, 3.05) is 6.54 Å². The van der Waals surface area contributed by atoms with E-state index >= 15 is 0 Å². The molecule has 0 aromatic carbocycles. The lowest BCUT2D eigenvalue weighted by Gasteiger charge is -1.99. The molecule has 0 saturated heterocycles. The Morgan fingerprint density at radius 2 is 1.19 bits per heavy atom. The number of unbranched alkanes of at least 4 members (excludes halogenated alkanes) is 12. The molecule has 122 valence electrons. The number of azide groups is 1. The van der Waals surface area contributed by atoms with Crippen LogP contribution in [0.3, 0.4) is 0 Å². The first-order chi connectivity index (χ1) is 10.4. The van der Waals surface area contributed by atoms with E-state index in [1.165, 1.54) is 83.5 Å². The second kappa shape index (κ2) is 19.1. The number of hydrogen-bond acceptors (Lipinski definition) is 1. The molecule has 3 heteroatoms. The Morgan fingerprint density at radius 1 is 0.714 bits per heavy atom. The number of allylic oxidation sites excluding steroid dienone is 2. The molecule has 3 nitrogen and oxygen atoms in total. The van der Waals surface area contributed by atoms with Gasteiger partial charge in [0.1, 0.15) is 0 Å². The highest BCUT2D eigenvalue weighted by molar-refractivity contribution is 4.81. The van der Waals surface area contributed by atoms with Gasteiger partial charge in [-0.2, -0.15) is 0 Å². The lowest BCUT2D eigenvalue weighted by molar-refractivity contribution is 0.599. The Hall–Kier alpha value is -0.950. The maximum atomic E-state index is 8.14. The monoisotopic (exact) mass is 293 g/mol. The molecule has 0 N–H and O–H groups in total. The van der Waals surface area contributed by atoms with Gasteiger partial charge in [-0.25, -0.2) is 0 Å². The van der Waals surface area contributed by atoms with Gasteiger partial charge < -0.3 is 0 Å². The minimum atomic E-state index is 0.664. The summed E-state index contributed by atoms with van der Waals surface area (Å²) < 4.78 is 0. The van der Waals surface area contributed by atoms with E-state index in [1.54, 1.807) is 0 Å². The highest BCUT2D eigenvalue weighted by Gasteiger charge is 1.91. The predicted octanol–water partition coefficient (Wildman–Crippen LogP) is 7.33. The molecular formula is C18H35N3. The van der Waals surface area contributed by atoms with Crippen molar-refractivity contribution in [3.63, 3.8) is 0 Å². The van der Waals surface area contributed by atoms with Gasteiger partial charge >= 0.3 is 0 Å². The molecule has 0 aliphatic heterocycles. The van der Waals surface area contributed by atoms with Crippen LogP contribution in [0.5, 0.6) is 0 Å². The zero-order valence-electron chi connectivity index (χ0n) is 14.1. The minimum Gasteiger partial charge on any atom is -0.0940 e. The van der Waals surface area contributed by atoms with Crippen LogP contribution in [0.1, 0.15) is 96.8 Å². The first-order valence-electron chi connectivity index (χ1n) is 9.07. The molecule has 0 aliphatic carbocycles. The van der Waals surface area contributed by atoms with E-state index in [0.29, 0.717) is 6.54 Å². The largest absolute Gasteiger partial charge is 0.0940 e. The molecule has 0 unspecified atom stereocenters. The van der Waals surface area contributed by atoms with Crippen molar-refractivity contribution < 1.29 is 0 Å². The van der Waals surface area contributed by atoms with Gasteiger partial charge in [0, 0.05) is 11.5 Å². The summed E-state index contributed by atoms with van der Waals surface area (Å²) in [6, 6.07) is 0. The van der Waals surface area contributed by atoms with E-state index in [2.05, 4.69) is 29.1 Å². The molecule has 0 radical (unpaired) electrons. The number of nitrogens with zero attached hydrogens (tertiary/aromatic N) is 3. The second-order valence-electron chi connectivity index (χ2n) is 5.89. The molecule has 0 aromatic heterocycles. The van der Waals surface area contributed by atoms with Crippen molar-refractivity contribution in [2.24, 2.45) is 5.11 Å². The van der Waals surface area contributed by atoms with E-state index in [0.717, 1.165) is 6.42 Å². The van der Waals surface area contributed by atoms with Crippen LogP contribution in [0.4, 0.5) is 0 Å². The molecule has 0 rings (SSSR count). The van der Waals surface area contributed by atoms with Crippen LogP contribution in [-0.4, -0.2) is 6.54 Å². The summed E-state index contributed by atoms with van der Waals surface area (Å²) in [5, 5.41) is 3.55. The molecule has 21 heavy (non-hydrogen) atoms. The molecule has 0 spiro atoms. The number of rotatable bonds is 16. The zero-order valence-corrected chi connectivity index (χ0v) is 14.1. The fourth-order valence-corrected chi connectivity index (χ4v) is 2.47. The molecule has 0 heterocycles. The molecule has 0 saturated carbocycles. The average Bonchev–Trinajstić information content (AvgIpc) is 2.50. The Balaban J connectivity index is 3.06. The molecular weight excluding hydrogens is 258 g/mol. The quantitative estimate of drug-likeness (QED) is 0.0939. The summed E-state index contributed by atoms with van der Waals surface area (Å²) >= 11 is 0. The van der Waals surface area contributed by atoms with E-state index in [-0.39, 0.29) is 0 Å². The molecule has 0 aliphatic rings. The number of hydrogen-bond donors (Lipinski definition) is 0. The Kier molecular flexibility index (Phi) is 18.2. The topological polar surface area (TPSA) is 48.8 Å². The Morgan fingerprint density at radius 3 is 1.71 bits per heavy atom. The van der Waals surface area contributed by atoms with Crippen LogP contribution in [0.15, 0.2) is 17.3 Å². The average molecular weight is 293 g/mol. The molecule has 0 bridgehead atoms. The van der Waals surface area contributed by atoms with E-state index in [4.69, 9.17) is 5.53 Å². The lowest BCUT2D eigenvalue weighted by atomic mass is 10.1. The summed E-state index contributed by atoms with van der Waals surface area (Å²) in [7, 11) is 0. The third kappa shape index (κ3) is 19.0.